The molecule has 6 heteroatoms. The van der Waals surface area contributed by atoms with Crippen molar-refractivity contribution in [2.45, 2.75) is 89.6 Å². The number of carbonyl (C=O) groups excluding carboxylic acids is 1. The number of unbranched alkanes of at least 4 members (excludes halogenated alkanes) is 1. The van der Waals surface area contributed by atoms with Crippen LogP contribution in [0.2, 0.25) is 0 Å². The largest absolute Gasteiger partial charge is 0.760 e. The van der Waals surface area contributed by atoms with E-state index in [0.717, 1.165) is 44.9 Å². The third-order valence-corrected chi connectivity index (χ3v) is 6.28. The fourth-order valence-corrected chi connectivity index (χ4v) is 5.10. The predicted octanol–water partition coefficient (Wildman–Crippen LogP) is 2.89. The van der Waals surface area contributed by atoms with Crippen molar-refractivity contribution in [3.05, 3.63) is 0 Å². The molecule has 1 aliphatic heterocycles. The van der Waals surface area contributed by atoms with Crippen molar-refractivity contribution >= 4 is 17.2 Å². The molecule has 3 atom stereocenters. The van der Waals surface area contributed by atoms with Gasteiger partial charge in [0.2, 0.25) is 5.91 Å². The molecule has 134 valence electrons. The summed E-state index contributed by atoms with van der Waals surface area (Å²) in [4.78, 5) is 11.9. The molecule has 23 heavy (non-hydrogen) atoms. The van der Waals surface area contributed by atoms with Crippen LogP contribution in [0.5, 0.6) is 0 Å². The highest BCUT2D eigenvalue weighted by Gasteiger charge is 2.35. The van der Waals surface area contributed by atoms with Crippen LogP contribution in [0.1, 0.15) is 77.6 Å². The highest BCUT2D eigenvalue weighted by Crippen LogP contribution is 2.34. The fourth-order valence-electron chi connectivity index (χ4n) is 4.18. The van der Waals surface area contributed by atoms with E-state index >= 15 is 0 Å². The number of rotatable bonds is 7. The van der Waals surface area contributed by atoms with Gasteiger partial charge in [-0.25, -0.2) is 4.31 Å². The van der Waals surface area contributed by atoms with Crippen LogP contribution in [0.25, 0.3) is 0 Å². The van der Waals surface area contributed by atoms with Gasteiger partial charge in [0.15, 0.2) is 0 Å². The Labute approximate surface area is 143 Å². The Morgan fingerprint density at radius 2 is 2.00 bits per heavy atom. The topological polar surface area (TPSA) is 72.5 Å². The second-order valence-electron chi connectivity index (χ2n) is 7.03. The van der Waals surface area contributed by atoms with Crippen molar-refractivity contribution in [1.29, 1.82) is 0 Å². The Balaban J connectivity index is 2.17. The maximum atomic E-state index is 12.1. The number of nitrogens with one attached hydrogen (secondary N) is 1. The normalized spacial score (nSPS) is 26.6. The van der Waals surface area contributed by atoms with Crippen molar-refractivity contribution in [2.75, 3.05) is 6.54 Å². The monoisotopic (exact) mass is 343 g/mol. The van der Waals surface area contributed by atoms with Crippen LogP contribution in [-0.2, 0) is 16.1 Å². The first-order valence-corrected chi connectivity index (χ1v) is 10.3. The highest BCUT2D eigenvalue weighted by molar-refractivity contribution is 7.76. The number of nitrogens with zero attached hydrogens (tertiary/aromatic N) is 1. The SMILES string of the molecule is CCCC[C@@H](C1CCCCC1)N(C1CCCNC(=O)C1)S(=O)[O-]. The molecule has 5 nitrogen and oxygen atoms in total. The van der Waals surface area contributed by atoms with Crippen LogP contribution in [0.4, 0.5) is 0 Å². The molecular formula is C17H31N2O3S-. The Bertz CT molecular complexity index is 399. The lowest BCUT2D eigenvalue weighted by Crippen LogP contribution is -2.49. The van der Waals surface area contributed by atoms with Crippen LogP contribution in [0.15, 0.2) is 0 Å². The van der Waals surface area contributed by atoms with E-state index in [1.165, 1.54) is 19.3 Å². The van der Waals surface area contributed by atoms with Crippen molar-refractivity contribution in [2.24, 2.45) is 5.92 Å². The zero-order valence-corrected chi connectivity index (χ0v) is 15.1. The molecule has 0 spiro atoms. The summed E-state index contributed by atoms with van der Waals surface area (Å²) in [5.41, 5.74) is 0. The summed E-state index contributed by atoms with van der Waals surface area (Å²) in [6.07, 6.45) is 10.9. The maximum absolute atomic E-state index is 12.1. The first-order valence-electron chi connectivity index (χ1n) is 9.28. The summed E-state index contributed by atoms with van der Waals surface area (Å²) in [6, 6.07) is -0.0934. The lowest BCUT2D eigenvalue weighted by Gasteiger charge is -2.43. The third kappa shape index (κ3) is 5.54. The molecule has 1 heterocycles. The van der Waals surface area contributed by atoms with Crippen molar-refractivity contribution in [3.63, 3.8) is 0 Å². The molecule has 2 aliphatic rings. The molecule has 0 bridgehead atoms. The lowest BCUT2D eigenvalue weighted by atomic mass is 9.81. The van der Waals surface area contributed by atoms with Crippen LogP contribution < -0.4 is 5.32 Å². The molecule has 0 aromatic heterocycles. The number of carbonyl (C=O) groups is 1. The highest BCUT2D eigenvalue weighted by atomic mass is 32.2. The summed E-state index contributed by atoms with van der Waals surface area (Å²) < 4.78 is 25.8. The molecule has 0 aromatic carbocycles. The summed E-state index contributed by atoms with van der Waals surface area (Å²) in [6.45, 7) is 2.81. The molecule has 2 rings (SSSR count). The molecule has 1 N–H and O–H groups in total. The van der Waals surface area contributed by atoms with E-state index in [4.69, 9.17) is 0 Å². The summed E-state index contributed by atoms with van der Waals surface area (Å²) in [5, 5.41) is 2.86. The first-order chi connectivity index (χ1) is 11.1. The number of amides is 1. The van der Waals surface area contributed by atoms with Crippen LogP contribution in [-0.4, -0.2) is 37.6 Å². The Morgan fingerprint density at radius 3 is 2.65 bits per heavy atom. The van der Waals surface area contributed by atoms with Crippen molar-refractivity contribution in [1.82, 2.24) is 9.62 Å². The lowest BCUT2D eigenvalue weighted by molar-refractivity contribution is -0.121. The van der Waals surface area contributed by atoms with E-state index in [1.54, 1.807) is 4.31 Å². The van der Waals surface area contributed by atoms with Gasteiger partial charge in [-0.2, -0.15) is 0 Å². The molecule has 1 amide bonds. The third-order valence-electron chi connectivity index (χ3n) is 5.36. The van der Waals surface area contributed by atoms with Gasteiger partial charge in [0.1, 0.15) is 0 Å². The Morgan fingerprint density at radius 1 is 1.26 bits per heavy atom. The number of hydrogen-bond acceptors (Lipinski definition) is 3. The van der Waals surface area contributed by atoms with Crippen LogP contribution >= 0.6 is 0 Å². The molecule has 1 saturated carbocycles. The van der Waals surface area contributed by atoms with Gasteiger partial charge in [-0.1, -0.05) is 39.0 Å². The molecule has 1 saturated heterocycles. The van der Waals surface area contributed by atoms with Gasteiger partial charge in [0.25, 0.3) is 0 Å². The first kappa shape index (κ1) is 18.9. The van der Waals surface area contributed by atoms with Gasteiger partial charge in [0.05, 0.1) is 0 Å². The zero-order chi connectivity index (χ0) is 16.7. The van der Waals surface area contributed by atoms with Gasteiger partial charge >= 0.3 is 0 Å². The average molecular weight is 344 g/mol. The predicted molar refractivity (Wildman–Crippen MR) is 91.3 cm³/mol. The second kappa shape index (κ2) is 9.74. The molecule has 0 aromatic rings. The minimum atomic E-state index is -2.26. The molecule has 1 aliphatic carbocycles. The molecule has 2 unspecified atom stereocenters. The smallest absolute Gasteiger partial charge is 0.221 e. The van der Waals surface area contributed by atoms with E-state index < -0.39 is 11.3 Å². The summed E-state index contributed by atoms with van der Waals surface area (Å²) >= 11 is -2.26. The minimum Gasteiger partial charge on any atom is -0.760 e. The van der Waals surface area contributed by atoms with E-state index in [-0.39, 0.29) is 18.0 Å². The quantitative estimate of drug-likeness (QED) is 0.722. The van der Waals surface area contributed by atoms with Crippen molar-refractivity contribution < 1.29 is 13.6 Å². The van der Waals surface area contributed by atoms with Gasteiger partial charge in [-0.3, -0.25) is 9.00 Å². The van der Waals surface area contributed by atoms with E-state index in [2.05, 4.69) is 12.2 Å². The molecule has 0 radical (unpaired) electrons. The van der Waals surface area contributed by atoms with E-state index in [9.17, 15) is 13.6 Å². The van der Waals surface area contributed by atoms with E-state index in [0.29, 0.717) is 18.9 Å². The van der Waals surface area contributed by atoms with Crippen LogP contribution in [0.3, 0.4) is 0 Å². The van der Waals surface area contributed by atoms with Crippen LogP contribution in [0, 0.1) is 5.92 Å². The minimum absolute atomic E-state index is 0.0131. The van der Waals surface area contributed by atoms with Gasteiger partial charge in [0, 0.05) is 36.3 Å². The van der Waals surface area contributed by atoms with E-state index in [1.807, 2.05) is 0 Å². The second-order valence-corrected chi connectivity index (χ2v) is 7.89. The fraction of sp³-hybridized carbons (Fsp3) is 0.941. The van der Waals surface area contributed by atoms with Crippen molar-refractivity contribution in [3.8, 4) is 0 Å². The summed E-state index contributed by atoms with van der Waals surface area (Å²) in [7, 11) is 0. The average Bonchev–Trinajstić information content (AvgIpc) is 2.76. The molecule has 2 fully saturated rings. The maximum Gasteiger partial charge on any atom is 0.221 e. The van der Waals surface area contributed by atoms with Gasteiger partial charge in [-0.05, 0) is 38.0 Å². The molecular weight excluding hydrogens is 312 g/mol. The summed E-state index contributed by atoms with van der Waals surface area (Å²) in [5.74, 6) is 0.445. The zero-order valence-electron chi connectivity index (χ0n) is 14.3. The number of hydrogen-bond donors (Lipinski definition) is 1. The standard InChI is InChI=1S/C17H32N2O3S/c1-2-3-11-16(14-8-5-4-6-9-14)19(23(21)22)15-10-7-12-18-17(20)13-15/h14-16H,2-13H2,1H3,(H,18,20)(H,21,22)/p-1/t15?,16-/m0/s1. The van der Waals surface area contributed by atoms with Gasteiger partial charge < -0.3 is 9.87 Å². The Kier molecular flexibility index (Phi) is 7.99. The van der Waals surface area contributed by atoms with Gasteiger partial charge in [-0.15, -0.1) is 0 Å². The Hall–Kier alpha value is -0.460.